The summed E-state index contributed by atoms with van der Waals surface area (Å²) >= 11 is 0. The minimum atomic E-state index is -0.555. The highest BCUT2D eigenvalue weighted by Crippen LogP contribution is 2.16. The van der Waals surface area contributed by atoms with Gasteiger partial charge in [0.1, 0.15) is 11.7 Å². The lowest BCUT2D eigenvalue weighted by atomic mass is 10.3. The van der Waals surface area contributed by atoms with Gasteiger partial charge in [-0.25, -0.2) is 8.78 Å². The molecule has 3 heteroatoms. The zero-order chi connectivity index (χ0) is 8.27. The van der Waals surface area contributed by atoms with Gasteiger partial charge in [-0.3, -0.25) is 0 Å². The van der Waals surface area contributed by atoms with E-state index >= 15 is 0 Å². The summed E-state index contributed by atoms with van der Waals surface area (Å²) in [6, 6.07) is 0. The summed E-state index contributed by atoms with van der Waals surface area (Å²) in [6.07, 6.45) is 3.89. The van der Waals surface area contributed by atoms with E-state index in [9.17, 15) is 8.78 Å². The molecular weight excluding hydrogens is 148 g/mol. The molecule has 0 aromatic heterocycles. The molecule has 0 unspecified atom stereocenters. The molecule has 60 valence electrons. The maximum Gasteiger partial charge on any atom is 0.127 e. The van der Waals surface area contributed by atoms with Gasteiger partial charge in [-0.15, -0.1) is 0 Å². The minimum Gasteiger partial charge on any atom is -0.388 e. The molecule has 1 nitrogen and oxygen atoms in total. The molecule has 0 spiro atoms. The van der Waals surface area contributed by atoms with Gasteiger partial charge in [0.15, 0.2) is 0 Å². The first-order valence-electron chi connectivity index (χ1n) is 3.33. The largest absolute Gasteiger partial charge is 0.388 e. The van der Waals surface area contributed by atoms with Gasteiger partial charge in [0.05, 0.1) is 0 Å². The van der Waals surface area contributed by atoms with Crippen LogP contribution >= 0.6 is 0 Å². The normalized spacial score (nSPS) is 17.9. The van der Waals surface area contributed by atoms with Crippen molar-refractivity contribution in [3.63, 3.8) is 0 Å². The van der Waals surface area contributed by atoms with Gasteiger partial charge in [0.25, 0.3) is 0 Å². The van der Waals surface area contributed by atoms with Gasteiger partial charge in [-0.05, 0) is 6.08 Å². The Hall–Kier alpha value is -1.12. The Morgan fingerprint density at radius 3 is 2.73 bits per heavy atom. The summed E-state index contributed by atoms with van der Waals surface area (Å²) < 4.78 is 25.1. The van der Waals surface area contributed by atoms with E-state index < -0.39 is 11.7 Å². The highest BCUT2D eigenvalue weighted by molar-refractivity contribution is 5.30. The fourth-order valence-electron chi connectivity index (χ4n) is 0.839. The van der Waals surface area contributed by atoms with Gasteiger partial charge < -0.3 is 5.32 Å². The molecule has 0 atom stereocenters. The summed E-state index contributed by atoms with van der Waals surface area (Å²) in [5.74, 6) is -1.01. The molecule has 0 fully saturated rings. The number of hydrogen-bond acceptors (Lipinski definition) is 1. The highest BCUT2D eigenvalue weighted by atomic mass is 19.1. The average Bonchev–Trinajstić information content (AvgIpc) is 2.11. The van der Waals surface area contributed by atoms with E-state index in [-0.39, 0.29) is 6.42 Å². The van der Waals surface area contributed by atoms with Crippen molar-refractivity contribution < 1.29 is 8.78 Å². The number of hydrogen-bond donors (Lipinski definition) is 1. The molecule has 0 saturated carbocycles. The Labute approximate surface area is 64.1 Å². The molecule has 0 aliphatic heterocycles. The molecule has 1 rings (SSSR count). The maximum absolute atomic E-state index is 12.6. The molecule has 0 amide bonds. The summed E-state index contributed by atoms with van der Waals surface area (Å²) in [6.45, 7) is 0. The van der Waals surface area contributed by atoms with Crippen LogP contribution in [0.2, 0.25) is 0 Å². The van der Waals surface area contributed by atoms with Crippen molar-refractivity contribution in [1.29, 1.82) is 0 Å². The van der Waals surface area contributed by atoms with Crippen LogP contribution in [0.4, 0.5) is 8.78 Å². The van der Waals surface area contributed by atoms with Gasteiger partial charge in [0.2, 0.25) is 0 Å². The minimum absolute atomic E-state index is 0.153. The Balaban J connectivity index is 2.85. The second-order valence-corrected chi connectivity index (χ2v) is 2.23. The number of nitrogens with one attached hydrogen (secondary N) is 1. The van der Waals surface area contributed by atoms with Crippen molar-refractivity contribution >= 4 is 0 Å². The predicted octanol–water partition coefficient (Wildman–Crippen LogP) is 2.20. The molecule has 0 saturated heterocycles. The SMILES string of the molecule is CNC1=CCC(F)=CC(F)=C1. The lowest BCUT2D eigenvalue weighted by molar-refractivity contribution is 0.600. The zero-order valence-electron chi connectivity index (χ0n) is 6.20. The Morgan fingerprint density at radius 1 is 1.36 bits per heavy atom. The number of rotatable bonds is 1. The van der Waals surface area contributed by atoms with Crippen LogP contribution in [-0.2, 0) is 0 Å². The first kappa shape index (κ1) is 7.98. The van der Waals surface area contributed by atoms with Crippen LogP contribution in [0.1, 0.15) is 6.42 Å². The number of allylic oxidation sites excluding steroid dienone is 5. The molecule has 1 aliphatic carbocycles. The Morgan fingerprint density at radius 2 is 2.09 bits per heavy atom. The van der Waals surface area contributed by atoms with Crippen molar-refractivity contribution in [2.45, 2.75) is 6.42 Å². The molecule has 0 aromatic carbocycles. The lowest BCUT2D eigenvalue weighted by Crippen LogP contribution is -2.02. The molecule has 1 aliphatic rings. The van der Waals surface area contributed by atoms with E-state index in [1.807, 2.05) is 0 Å². The summed E-state index contributed by atoms with van der Waals surface area (Å²) in [5, 5.41) is 2.74. The van der Waals surface area contributed by atoms with Crippen LogP contribution in [0, 0.1) is 0 Å². The zero-order valence-corrected chi connectivity index (χ0v) is 6.20. The Kier molecular flexibility index (Phi) is 2.41. The molecular formula is C8H9F2N. The maximum atomic E-state index is 12.6. The molecule has 0 heterocycles. The van der Waals surface area contributed by atoms with Crippen LogP contribution in [0.15, 0.2) is 35.6 Å². The van der Waals surface area contributed by atoms with Crippen molar-refractivity contribution in [3.8, 4) is 0 Å². The topological polar surface area (TPSA) is 12.0 Å². The molecule has 0 aromatic rings. The van der Waals surface area contributed by atoms with Gasteiger partial charge in [-0.1, -0.05) is 6.08 Å². The van der Waals surface area contributed by atoms with Gasteiger partial charge in [0, 0.05) is 25.2 Å². The van der Waals surface area contributed by atoms with Crippen LogP contribution in [0.5, 0.6) is 0 Å². The monoisotopic (exact) mass is 157 g/mol. The third-order valence-electron chi connectivity index (χ3n) is 1.39. The van der Waals surface area contributed by atoms with Crippen molar-refractivity contribution in [2.24, 2.45) is 0 Å². The fourth-order valence-corrected chi connectivity index (χ4v) is 0.839. The number of halogens is 2. The first-order chi connectivity index (χ1) is 5.22. The smallest absolute Gasteiger partial charge is 0.127 e. The van der Waals surface area contributed by atoms with Crippen molar-refractivity contribution in [3.05, 3.63) is 35.6 Å². The fraction of sp³-hybridized carbons (Fsp3) is 0.250. The highest BCUT2D eigenvalue weighted by Gasteiger charge is 2.02. The van der Waals surface area contributed by atoms with Gasteiger partial charge >= 0.3 is 0 Å². The van der Waals surface area contributed by atoms with E-state index in [4.69, 9.17) is 0 Å². The van der Waals surface area contributed by atoms with Crippen LogP contribution in [0.25, 0.3) is 0 Å². The van der Waals surface area contributed by atoms with Crippen LogP contribution in [-0.4, -0.2) is 7.05 Å². The molecule has 0 bridgehead atoms. The third kappa shape index (κ3) is 2.18. The van der Waals surface area contributed by atoms with Crippen LogP contribution < -0.4 is 5.32 Å². The van der Waals surface area contributed by atoms with E-state index in [2.05, 4.69) is 5.32 Å². The van der Waals surface area contributed by atoms with Crippen molar-refractivity contribution in [1.82, 2.24) is 5.32 Å². The predicted molar refractivity (Wildman–Crippen MR) is 40.1 cm³/mol. The second-order valence-electron chi connectivity index (χ2n) is 2.23. The lowest BCUT2D eigenvalue weighted by Gasteiger charge is -1.96. The summed E-state index contributed by atoms with van der Waals surface area (Å²) in [5.41, 5.74) is 0.603. The van der Waals surface area contributed by atoms with Crippen molar-refractivity contribution in [2.75, 3.05) is 7.05 Å². The average molecular weight is 157 g/mol. The summed E-state index contributed by atoms with van der Waals surface area (Å²) in [4.78, 5) is 0. The van der Waals surface area contributed by atoms with E-state index in [1.165, 1.54) is 6.08 Å². The quantitative estimate of drug-likeness (QED) is 0.615. The standard InChI is InChI=1S/C8H9F2N/c1-11-8-3-2-6(9)4-7(10)5-8/h3-5,11H,2H2,1H3. The van der Waals surface area contributed by atoms with Gasteiger partial charge in [-0.2, -0.15) is 0 Å². The first-order valence-corrected chi connectivity index (χ1v) is 3.33. The molecule has 0 radical (unpaired) electrons. The Bertz CT molecular complexity index is 238. The second kappa shape index (κ2) is 3.32. The van der Waals surface area contributed by atoms with E-state index in [1.54, 1.807) is 13.1 Å². The third-order valence-corrected chi connectivity index (χ3v) is 1.39. The molecule has 11 heavy (non-hydrogen) atoms. The number of likely N-dealkylation sites (N-methyl/N-ethyl adjacent to an activating group) is 1. The van der Waals surface area contributed by atoms with E-state index in [0.717, 1.165) is 6.08 Å². The van der Waals surface area contributed by atoms with Crippen LogP contribution in [0.3, 0.4) is 0 Å². The molecule has 1 N–H and O–H groups in total. The summed E-state index contributed by atoms with van der Waals surface area (Å²) in [7, 11) is 1.67. The van der Waals surface area contributed by atoms with E-state index in [0.29, 0.717) is 5.70 Å².